The minimum atomic E-state index is 0.325. The Labute approximate surface area is 151 Å². The van der Waals surface area contributed by atoms with Crippen LogP contribution in [-0.2, 0) is 0 Å². The van der Waals surface area contributed by atoms with Crippen LogP contribution in [0.15, 0.2) is 48.5 Å². The second-order valence-corrected chi connectivity index (χ2v) is 7.05. The van der Waals surface area contributed by atoms with Crippen LogP contribution in [0.1, 0.15) is 32.6 Å². The molecule has 0 spiro atoms. The maximum Gasteiger partial charge on any atom is 0.142 e. The van der Waals surface area contributed by atoms with Gasteiger partial charge in [-0.05, 0) is 42.0 Å². The number of benzene rings is 2. The molecule has 134 valence electrons. The molecule has 0 aliphatic carbocycles. The fourth-order valence-corrected chi connectivity index (χ4v) is 3.79. The van der Waals surface area contributed by atoms with Crippen LogP contribution in [0.4, 0.5) is 5.69 Å². The summed E-state index contributed by atoms with van der Waals surface area (Å²) in [6, 6.07) is 17.4. The number of unbranched alkanes of at least 4 members (excludes halogenated alkanes) is 1. The third-order valence-corrected chi connectivity index (χ3v) is 5.35. The highest BCUT2D eigenvalue weighted by atomic mass is 16.5. The summed E-state index contributed by atoms with van der Waals surface area (Å²) in [5.74, 6) is 1.52. The van der Waals surface area contributed by atoms with Gasteiger partial charge in [-0.2, -0.15) is 0 Å². The summed E-state index contributed by atoms with van der Waals surface area (Å²) in [5, 5.41) is 0. The first-order valence-electron chi connectivity index (χ1n) is 9.47. The molecule has 2 atom stereocenters. The molecule has 2 aromatic rings. The van der Waals surface area contributed by atoms with Crippen molar-refractivity contribution in [2.75, 3.05) is 25.1 Å². The first kappa shape index (κ1) is 17.8. The molecule has 0 bridgehead atoms. The van der Waals surface area contributed by atoms with Crippen LogP contribution in [0.25, 0.3) is 11.1 Å². The van der Waals surface area contributed by atoms with E-state index in [2.05, 4.69) is 60.4 Å². The third-order valence-electron chi connectivity index (χ3n) is 5.35. The standard InChI is InChI=1S/C22H30N2O/c1-3-4-8-19-16-24(14-13-20(19)23)21-15-18(11-12-22(21)25-2)17-9-6-5-7-10-17/h5-7,9-12,15,19-20H,3-4,8,13-14,16,23H2,1-2H3/t19-,20-/m1/s1. The average molecular weight is 338 g/mol. The number of piperidine rings is 1. The van der Waals surface area contributed by atoms with Crippen LogP contribution in [0.5, 0.6) is 5.75 Å². The number of nitrogens with zero attached hydrogens (tertiary/aromatic N) is 1. The lowest BCUT2D eigenvalue weighted by Gasteiger charge is -2.39. The molecular weight excluding hydrogens is 308 g/mol. The van der Waals surface area contributed by atoms with Crippen molar-refractivity contribution in [2.24, 2.45) is 11.7 Å². The average Bonchev–Trinajstić information content (AvgIpc) is 2.67. The van der Waals surface area contributed by atoms with Crippen LogP contribution in [0, 0.1) is 5.92 Å². The Bertz CT molecular complexity index is 671. The Morgan fingerprint density at radius 1 is 1.12 bits per heavy atom. The predicted octanol–water partition coefficient (Wildman–Crippen LogP) is 4.71. The number of nitrogens with two attached hydrogens (primary N) is 1. The van der Waals surface area contributed by atoms with Crippen molar-refractivity contribution in [3.05, 3.63) is 48.5 Å². The van der Waals surface area contributed by atoms with Crippen molar-refractivity contribution in [1.82, 2.24) is 0 Å². The Hall–Kier alpha value is -2.00. The van der Waals surface area contributed by atoms with Crippen molar-refractivity contribution < 1.29 is 4.74 Å². The van der Waals surface area contributed by atoms with Crippen LogP contribution < -0.4 is 15.4 Å². The largest absolute Gasteiger partial charge is 0.495 e. The molecule has 25 heavy (non-hydrogen) atoms. The number of anilines is 1. The molecule has 1 fully saturated rings. The molecule has 3 rings (SSSR count). The lowest BCUT2D eigenvalue weighted by Crippen LogP contribution is -2.47. The Balaban J connectivity index is 1.87. The summed E-state index contributed by atoms with van der Waals surface area (Å²) in [6.45, 7) is 4.27. The molecule has 3 nitrogen and oxygen atoms in total. The number of hydrogen-bond acceptors (Lipinski definition) is 3. The van der Waals surface area contributed by atoms with E-state index in [-0.39, 0.29) is 0 Å². The zero-order valence-electron chi connectivity index (χ0n) is 15.4. The van der Waals surface area contributed by atoms with Gasteiger partial charge in [-0.3, -0.25) is 0 Å². The Morgan fingerprint density at radius 2 is 1.92 bits per heavy atom. The van der Waals surface area contributed by atoms with Gasteiger partial charge in [0.05, 0.1) is 12.8 Å². The molecule has 0 saturated carbocycles. The van der Waals surface area contributed by atoms with Gasteiger partial charge < -0.3 is 15.4 Å². The highest BCUT2D eigenvalue weighted by molar-refractivity contribution is 5.72. The van der Waals surface area contributed by atoms with E-state index in [9.17, 15) is 0 Å². The topological polar surface area (TPSA) is 38.5 Å². The van der Waals surface area contributed by atoms with Crippen LogP contribution in [-0.4, -0.2) is 26.2 Å². The van der Waals surface area contributed by atoms with Crippen molar-refractivity contribution >= 4 is 5.69 Å². The zero-order valence-corrected chi connectivity index (χ0v) is 15.4. The maximum absolute atomic E-state index is 6.39. The van der Waals surface area contributed by atoms with Gasteiger partial charge in [-0.1, -0.05) is 56.2 Å². The Kier molecular flexibility index (Phi) is 5.98. The normalized spacial score (nSPS) is 20.5. The molecule has 0 radical (unpaired) electrons. The summed E-state index contributed by atoms with van der Waals surface area (Å²) in [5.41, 5.74) is 10.1. The SMILES string of the molecule is CCCC[C@@H]1CN(c2cc(-c3ccccc3)ccc2OC)CC[C@H]1N. The smallest absolute Gasteiger partial charge is 0.142 e. The zero-order chi connectivity index (χ0) is 17.6. The molecule has 1 aliphatic heterocycles. The van der Waals surface area contributed by atoms with E-state index in [1.807, 2.05) is 0 Å². The van der Waals surface area contributed by atoms with Crippen LogP contribution in [0.2, 0.25) is 0 Å². The van der Waals surface area contributed by atoms with Gasteiger partial charge in [-0.15, -0.1) is 0 Å². The van der Waals surface area contributed by atoms with E-state index >= 15 is 0 Å². The highest BCUT2D eigenvalue weighted by Crippen LogP contribution is 2.36. The molecule has 1 heterocycles. The molecule has 0 unspecified atom stereocenters. The quantitative estimate of drug-likeness (QED) is 0.829. The lowest BCUT2D eigenvalue weighted by atomic mass is 9.88. The highest BCUT2D eigenvalue weighted by Gasteiger charge is 2.27. The van der Waals surface area contributed by atoms with Gasteiger partial charge in [0.1, 0.15) is 5.75 Å². The summed E-state index contributed by atoms with van der Waals surface area (Å²) >= 11 is 0. The van der Waals surface area contributed by atoms with Crippen LogP contribution in [0.3, 0.4) is 0 Å². The molecule has 0 amide bonds. The van der Waals surface area contributed by atoms with Crippen molar-refractivity contribution in [2.45, 2.75) is 38.6 Å². The molecule has 1 saturated heterocycles. The van der Waals surface area contributed by atoms with Crippen LogP contribution >= 0.6 is 0 Å². The molecule has 2 N–H and O–H groups in total. The molecular formula is C22H30N2O. The number of hydrogen-bond donors (Lipinski definition) is 1. The van der Waals surface area contributed by atoms with Crippen molar-refractivity contribution in [3.63, 3.8) is 0 Å². The minimum Gasteiger partial charge on any atom is -0.495 e. The monoisotopic (exact) mass is 338 g/mol. The molecule has 1 aliphatic rings. The van der Waals surface area contributed by atoms with Gasteiger partial charge in [0.15, 0.2) is 0 Å². The van der Waals surface area contributed by atoms with Gasteiger partial charge in [0, 0.05) is 19.1 Å². The van der Waals surface area contributed by atoms with Gasteiger partial charge in [0.2, 0.25) is 0 Å². The second-order valence-electron chi connectivity index (χ2n) is 7.05. The van der Waals surface area contributed by atoms with Crippen molar-refractivity contribution in [3.8, 4) is 16.9 Å². The van der Waals surface area contributed by atoms with E-state index in [4.69, 9.17) is 10.5 Å². The molecule has 3 heteroatoms. The summed E-state index contributed by atoms with van der Waals surface area (Å²) in [4.78, 5) is 2.47. The fourth-order valence-electron chi connectivity index (χ4n) is 3.79. The lowest BCUT2D eigenvalue weighted by molar-refractivity contribution is 0.327. The summed E-state index contributed by atoms with van der Waals surface area (Å²) in [7, 11) is 1.76. The third kappa shape index (κ3) is 4.16. The van der Waals surface area contributed by atoms with Gasteiger partial charge >= 0.3 is 0 Å². The molecule has 0 aromatic heterocycles. The van der Waals surface area contributed by atoms with Gasteiger partial charge in [-0.25, -0.2) is 0 Å². The fraction of sp³-hybridized carbons (Fsp3) is 0.455. The van der Waals surface area contributed by atoms with E-state index in [1.165, 1.54) is 36.1 Å². The summed E-state index contributed by atoms with van der Waals surface area (Å²) in [6.07, 6.45) is 4.76. The maximum atomic E-state index is 6.39. The Morgan fingerprint density at radius 3 is 2.64 bits per heavy atom. The number of methoxy groups -OCH3 is 1. The molecule has 2 aromatic carbocycles. The predicted molar refractivity (Wildman–Crippen MR) is 106 cm³/mol. The van der Waals surface area contributed by atoms with E-state index < -0.39 is 0 Å². The van der Waals surface area contributed by atoms with E-state index in [1.54, 1.807) is 7.11 Å². The first-order chi connectivity index (χ1) is 12.2. The van der Waals surface area contributed by atoms with Gasteiger partial charge in [0.25, 0.3) is 0 Å². The number of ether oxygens (including phenoxy) is 1. The number of rotatable bonds is 6. The minimum absolute atomic E-state index is 0.325. The van der Waals surface area contributed by atoms with Crippen molar-refractivity contribution in [1.29, 1.82) is 0 Å². The first-order valence-corrected chi connectivity index (χ1v) is 9.47. The second kappa shape index (κ2) is 8.39. The van der Waals surface area contributed by atoms with E-state index in [0.717, 1.165) is 25.3 Å². The summed E-state index contributed by atoms with van der Waals surface area (Å²) < 4.78 is 5.66. The van der Waals surface area contributed by atoms with E-state index in [0.29, 0.717) is 12.0 Å².